The van der Waals surface area contributed by atoms with Gasteiger partial charge in [0, 0.05) is 0 Å². The standard InChI is InChI=1S/C9H8ClF2NO3/c1-16-6(15)2-4-8(10)7(9(11)12)5(14)3-13-4/h3,9,14H,2H2,1H3. The summed E-state index contributed by atoms with van der Waals surface area (Å²) in [6, 6.07) is 0. The molecular formula is C9H8ClF2NO3. The summed E-state index contributed by atoms with van der Waals surface area (Å²) in [6.07, 6.45) is -2.44. The highest BCUT2D eigenvalue weighted by atomic mass is 35.5. The zero-order valence-corrected chi connectivity index (χ0v) is 8.96. The van der Waals surface area contributed by atoms with Crippen molar-refractivity contribution in [2.24, 2.45) is 0 Å². The van der Waals surface area contributed by atoms with Crippen molar-refractivity contribution in [3.8, 4) is 5.75 Å². The largest absolute Gasteiger partial charge is 0.506 e. The van der Waals surface area contributed by atoms with Gasteiger partial charge in [0.05, 0.1) is 36.0 Å². The van der Waals surface area contributed by atoms with Crippen molar-refractivity contribution < 1.29 is 23.4 Å². The van der Waals surface area contributed by atoms with Gasteiger partial charge in [-0.25, -0.2) is 8.78 Å². The smallest absolute Gasteiger partial charge is 0.311 e. The molecule has 0 aromatic carbocycles. The Labute approximate surface area is 94.8 Å². The number of hydrogen-bond acceptors (Lipinski definition) is 4. The Morgan fingerprint density at radius 1 is 1.69 bits per heavy atom. The average Bonchev–Trinajstić information content (AvgIpc) is 2.21. The first-order valence-corrected chi connectivity index (χ1v) is 4.56. The van der Waals surface area contributed by atoms with Crippen molar-refractivity contribution in [1.82, 2.24) is 4.98 Å². The Morgan fingerprint density at radius 3 is 2.81 bits per heavy atom. The highest BCUT2D eigenvalue weighted by Crippen LogP contribution is 2.35. The van der Waals surface area contributed by atoms with E-state index in [1.807, 2.05) is 0 Å². The lowest BCUT2D eigenvalue weighted by Gasteiger charge is -2.09. The molecule has 1 aromatic heterocycles. The number of aromatic hydroxyl groups is 1. The molecule has 0 aliphatic carbocycles. The highest BCUT2D eigenvalue weighted by Gasteiger charge is 2.22. The SMILES string of the molecule is COC(=O)Cc1ncc(O)c(C(F)F)c1Cl. The molecule has 0 fully saturated rings. The summed E-state index contributed by atoms with van der Waals surface area (Å²) >= 11 is 5.60. The Balaban J connectivity index is 3.13. The molecule has 1 aromatic rings. The van der Waals surface area contributed by atoms with E-state index in [9.17, 15) is 13.6 Å². The number of carbonyl (C=O) groups is 1. The summed E-state index contributed by atoms with van der Waals surface area (Å²) in [5, 5.41) is 8.72. The zero-order chi connectivity index (χ0) is 12.3. The maximum absolute atomic E-state index is 12.5. The van der Waals surface area contributed by atoms with Gasteiger partial charge in [0.2, 0.25) is 0 Å². The van der Waals surface area contributed by atoms with Crippen LogP contribution in [0.1, 0.15) is 17.7 Å². The zero-order valence-electron chi connectivity index (χ0n) is 8.21. The molecule has 0 aliphatic heterocycles. The molecule has 1 heterocycles. The lowest BCUT2D eigenvalue weighted by Crippen LogP contribution is -2.07. The second kappa shape index (κ2) is 5.07. The van der Waals surface area contributed by atoms with Gasteiger partial charge in [-0.2, -0.15) is 0 Å². The minimum Gasteiger partial charge on any atom is -0.506 e. The predicted molar refractivity (Wildman–Crippen MR) is 51.6 cm³/mol. The number of hydrogen-bond donors (Lipinski definition) is 1. The summed E-state index contributed by atoms with van der Waals surface area (Å²) in [6.45, 7) is 0. The molecule has 0 saturated heterocycles. The van der Waals surface area contributed by atoms with Crippen LogP contribution in [-0.2, 0) is 16.0 Å². The van der Waals surface area contributed by atoms with Gasteiger partial charge in [0.15, 0.2) is 0 Å². The molecule has 0 aliphatic rings. The van der Waals surface area contributed by atoms with Crippen LogP contribution in [-0.4, -0.2) is 23.2 Å². The minimum atomic E-state index is -2.94. The van der Waals surface area contributed by atoms with Crippen LogP contribution in [0.25, 0.3) is 0 Å². The topological polar surface area (TPSA) is 59.4 Å². The van der Waals surface area contributed by atoms with E-state index in [1.165, 1.54) is 0 Å². The molecule has 1 N–H and O–H groups in total. The Morgan fingerprint density at radius 2 is 2.31 bits per heavy atom. The second-order valence-electron chi connectivity index (χ2n) is 2.87. The van der Waals surface area contributed by atoms with Crippen molar-refractivity contribution in [2.75, 3.05) is 7.11 Å². The van der Waals surface area contributed by atoms with Gasteiger partial charge in [0.1, 0.15) is 5.75 Å². The number of aromatic nitrogens is 1. The normalized spacial score (nSPS) is 10.6. The van der Waals surface area contributed by atoms with Crippen LogP contribution in [0.5, 0.6) is 5.75 Å². The van der Waals surface area contributed by atoms with Crippen LogP contribution >= 0.6 is 11.6 Å². The van der Waals surface area contributed by atoms with Crippen molar-refractivity contribution in [3.63, 3.8) is 0 Å². The number of esters is 1. The quantitative estimate of drug-likeness (QED) is 0.836. The van der Waals surface area contributed by atoms with E-state index in [0.29, 0.717) is 0 Å². The van der Waals surface area contributed by atoms with E-state index in [4.69, 9.17) is 16.7 Å². The third-order valence-corrected chi connectivity index (χ3v) is 2.29. The van der Waals surface area contributed by atoms with Gasteiger partial charge in [0.25, 0.3) is 6.43 Å². The second-order valence-corrected chi connectivity index (χ2v) is 3.25. The monoisotopic (exact) mass is 251 g/mol. The molecule has 0 spiro atoms. The fourth-order valence-electron chi connectivity index (χ4n) is 1.07. The summed E-state index contributed by atoms with van der Waals surface area (Å²) in [4.78, 5) is 14.5. The predicted octanol–water partition coefficient (Wildman–Crippen LogP) is 2.09. The van der Waals surface area contributed by atoms with Gasteiger partial charge in [-0.15, -0.1) is 0 Å². The molecule has 88 valence electrons. The lowest BCUT2D eigenvalue weighted by atomic mass is 10.2. The maximum Gasteiger partial charge on any atom is 0.311 e. The van der Waals surface area contributed by atoms with Crippen molar-refractivity contribution in [1.29, 1.82) is 0 Å². The molecule has 4 nitrogen and oxygen atoms in total. The van der Waals surface area contributed by atoms with Crippen LogP contribution in [0.2, 0.25) is 5.02 Å². The van der Waals surface area contributed by atoms with E-state index in [2.05, 4.69) is 9.72 Å². The van der Waals surface area contributed by atoms with Crippen molar-refractivity contribution in [2.45, 2.75) is 12.8 Å². The molecule has 0 amide bonds. The van der Waals surface area contributed by atoms with Crippen molar-refractivity contribution >= 4 is 17.6 Å². The number of halogens is 3. The minimum absolute atomic E-state index is 0.0541. The van der Waals surface area contributed by atoms with Crippen LogP contribution in [0.15, 0.2) is 6.20 Å². The number of carbonyl (C=O) groups excluding carboxylic acids is 1. The first-order chi connectivity index (χ1) is 7.47. The van der Waals surface area contributed by atoms with E-state index in [0.717, 1.165) is 13.3 Å². The number of nitrogens with zero attached hydrogens (tertiary/aromatic N) is 1. The third-order valence-electron chi connectivity index (χ3n) is 1.87. The van der Waals surface area contributed by atoms with Gasteiger partial charge in [-0.1, -0.05) is 11.6 Å². The number of pyridine rings is 1. The Hall–Kier alpha value is -1.43. The molecule has 0 saturated carbocycles. The van der Waals surface area contributed by atoms with Crippen LogP contribution in [0.3, 0.4) is 0 Å². The summed E-state index contributed by atoms with van der Waals surface area (Å²) in [7, 11) is 1.16. The molecule has 0 bridgehead atoms. The van der Waals surface area contributed by atoms with Gasteiger partial charge in [-0.3, -0.25) is 9.78 Å². The van der Waals surface area contributed by atoms with E-state index >= 15 is 0 Å². The molecule has 0 atom stereocenters. The first kappa shape index (κ1) is 12.6. The Kier molecular flexibility index (Phi) is 4.00. The number of alkyl halides is 2. The summed E-state index contributed by atoms with van der Waals surface area (Å²) in [5.74, 6) is -1.35. The maximum atomic E-state index is 12.5. The summed E-state index contributed by atoms with van der Waals surface area (Å²) < 4.78 is 29.4. The summed E-state index contributed by atoms with van der Waals surface area (Å²) in [5.41, 5.74) is -0.780. The van der Waals surface area contributed by atoms with Crippen LogP contribution in [0.4, 0.5) is 8.78 Å². The van der Waals surface area contributed by atoms with Gasteiger partial charge >= 0.3 is 5.97 Å². The van der Waals surface area contributed by atoms with E-state index in [-0.39, 0.29) is 12.1 Å². The number of ether oxygens (including phenoxy) is 1. The van der Waals surface area contributed by atoms with E-state index in [1.54, 1.807) is 0 Å². The fourth-order valence-corrected chi connectivity index (χ4v) is 1.37. The van der Waals surface area contributed by atoms with E-state index < -0.39 is 28.7 Å². The van der Waals surface area contributed by atoms with Crippen molar-refractivity contribution in [3.05, 3.63) is 22.5 Å². The fraction of sp³-hybridized carbons (Fsp3) is 0.333. The first-order valence-electron chi connectivity index (χ1n) is 4.18. The highest BCUT2D eigenvalue weighted by molar-refractivity contribution is 6.32. The molecule has 16 heavy (non-hydrogen) atoms. The average molecular weight is 252 g/mol. The third kappa shape index (κ3) is 2.57. The molecule has 0 radical (unpaired) electrons. The molecule has 7 heteroatoms. The molecular weight excluding hydrogens is 244 g/mol. The number of rotatable bonds is 3. The number of methoxy groups -OCH3 is 1. The van der Waals surface area contributed by atoms with Gasteiger partial charge in [-0.05, 0) is 0 Å². The molecule has 1 rings (SSSR count). The Bertz CT molecular complexity index is 412. The molecule has 0 unspecified atom stereocenters. The lowest BCUT2D eigenvalue weighted by molar-refractivity contribution is -0.139. The van der Waals surface area contributed by atoms with Gasteiger partial charge < -0.3 is 9.84 Å². The van der Waals surface area contributed by atoms with Crippen LogP contribution in [0, 0.1) is 0 Å². The van der Waals surface area contributed by atoms with Crippen LogP contribution < -0.4 is 0 Å².